The largest absolute Gasteiger partial charge is 0.478 e. The maximum Gasteiger partial charge on any atom is 0.435 e. The van der Waals surface area contributed by atoms with Crippen molar-refractivity contribution in [2.75, 3.05) is 0 Å². The fraction of sp³-hybridized carbons (Fsp3) is 0.222. The summed E-state index contributed by atoms with van der Waals surface area (Å²) in [4.78, 5) is 16.3. The van der Waals surface area contributed by atoms with Crippen molar-refractivity contribution in [1.29, 1.82) is 0 Å². The Kier molecular flexibility index (Phi) is 5.59. The Bertz CT molecular complexity index is 967. The van der Waals surface area contributed by atoms with Crippen LogP contribution in [0.2, 0.25) is 10.0 Å². The molecule has 148 valence electrons. The molecular formula is C18H11Cl2F3INO3. The molecule has 0 aliphatic carbocycles. The molecular weight excluding hydrogens is 533 g/mol. The molecule has 3 rings (SSSR count). The van der Waals surface area contributed by atoms with Gasteiger partial charge in [0.25, 0.3) is 5.60 Å². The van der Waals surface area contributed by atoms with Crippen LogP contribution in [0.1, 0.15) is 33.5 Å². The molecule has 1 atom stereocenters. The fourth-order valence-corrected chi connectivity index (χ4v) is 4.54. The van der Waals surface area contributed by atoms with E-state index in [2.05, 4.69) is 5.16 Å². The number of carbonyl (C=O) groups is 1. The summed E-state index contributed by atoms with van der Waals surface area (Å²) in [6.45, 7) is 1.57. The molecule has 0 amide bonds. The molecule has 28 heavy (non-hydrogen) atoms. The summed E-state index contributed by atoms with van der Waals surface area (Å²) in [7, 11) is 0. The summed E-state index contributed by atoms with van der Waals surface area (Å²) in [6, 6.07) is 6.55. The van der Waals surface area contributed by atoms with Crippen LogP contribution in [0.3, 0.4) is 0 Å². The van der Waals surface area contributed by atoms with Crippen LogP contribution < -0.4 is 0 Å². The quantitative estimate of drug-likeness (QED) is 0.470. The van der Waals surface area contributed by atoms with Crippen molar-refractivity contribution in [1.82, 2.24) is 0 Å². The molecule has 0 bridgehead atoms. The first kappa shape index (κ1) is 21.2. The highest BCUT2D eigenvalue weighted by molar-refractivity contribution is 14.1. The third-order valence-electron chi connectivity index (χ3n) is 4.35. The number of aromatic carboxylic acids is 1. The third-order valence-corrected chi connectivity index (χ3v) is 5.64. The maximum absolute atomic E-state index is 14.0. The lowest BCUT2D eigenvalue weighted by Crippen LogP contribution is -2.42. The number of hydrogen-bond acceptors (Lipinski definition) is 3. The van der Waals surface area contributed by atoms with Crippen molar-refractivity contribution in [2.45, 2.75) is 25.1 Å². The van der Waals surface area contributed by atoms with Gasteiger partial charge in [0.15, 0.2) is 0 Å². The number of benzene rings is 2. The number of rotatable bonds is 3. The molecule has 1 N–H and O–H groups in total. The minimum Gasteiger partial charge on any atom is -0.478 e. The fourth-order valence-electron chi connectivity index (χ4n) is 3.03. The van der Waals surface area contributed by atoms with Crippen molar-refractivity contribution < 1.29 is 27.9 Å². The predicted molar refractivity (Wildman–Crippen MR) is 107 cm³/mol. The zero-order valence-electron chi connectivity index (χ0n) is 14.1. The SMILES string of the molecule is Cc1cc(C2=NOC(c3cc(Cl)cc(Cl)c3)(C(F)(F)F)C2)cc(I)c1C(=O)O. The Hall–Kier alpha value is -1.52. The summed E-state index contributed by atoms with van der Waals surface area (Å²) in [5.41, 5.74) is -2.09. The number of oxime groups is 1. The number of aryl methyl sites for hydroxylation is 1. The molecule has 1 aliphatic rings. The number of hydrogen-bond donors (Lipinski definition) is 1. The Balaban J connectivity index is 2.06. The van der Waals surface area contributed by atoms with Crippen molar-refractivity contribution in [3.05, 3.63) is 66.2 Å². The average molecular weight is 544 g/mol. The van der Waals surface area contributed by atoms with Crippen molar-refractivity contribution in [2.24, 2.45) is 5.16 Å². The first-order valence-corrected chi connectivity index (χ1v) is 9.60. The van der Waals surface area contributed by atoms with Gasteiger partial charge in [0.2, 0.25) is 0 Å². The molecule has 0 saturated heterocycles. The molecule has 2 aromatic carbocycles. The van der Waals surface area contributed by atoms with E-state index in [0.717, 1.165) is 12.1 Å². The van der Waals surface area contributed by atoms with E-state index in [1.165, 1.54) is 18.2 Å². The zero-order valence-corrected chi connectivity index (χ0v) is 17.7. The summed E-state index contributed by atoms with van der Waals surface area (Å²) in [5.74, 6) is -1.11. The Morgan fingerprint density at radius 1 is 1.21 bits per heavy atom. The van der Waals surface area contributed by atoms with Crippen LogP contribution in [0.15, 0.2) is 35.5 Å². The molecule has 1 heterocycles. The number of nitrogens with zero attached hydrogens (tertiary/aromatic N) is 1. The number of carboxylic acid groups (broad SMARTS) is 1. The van der Waals surface area contributed by atoms with Gasteiger partial charge in [-0.1, -0.05) is 28.4 Å². The van der Waals surface area contributed by atoms with Crippen LogP contribution in [0.25, 0.3) is 0 Å². The minimum atomic E-state index is -4.80. The molecule has 1 unspecified atom stereocenters. The summed E-state index contributed by atoms with van der Waals surface area (Å²) in [5, 5.41) is 13.0. The van der Waals surface area contributed by atoms with Crippen LogP contribution in [-0.2, 0) is 10.4 Å². The van der Waals surface area contributed by atoms with Crippen LogP contribution >= 0.6 is 45.8 Å². The van der Waals surface area contributed by atoms with E-state index in [1.807, 2.05) is 22.6 Å². The summed E-state index contributed by atoms with van der Waals surface area (Å²) < 4.78 is 42.4. The number of halogens is 6. The predicted octanol–water partition coefficient (Wildman–Crippen LogP) is 6.19. The van der Waals surface area contributed by atoms with Crippen molar-refractivity contribution in [3.8, 4) is 0 Å². The molecule has 4 nitrogen and oxygen atoms in total. The molecule has 10 heteroatoms. The lowest BCUT2D eigenvalue weighted by atomic mass is 9.86. The van der Waals surface area contributed by atoms with Crippen LogP contribution in [-0.4, -0.2) is 23.0 Å². The first-order chi connectivity index (χ1) is 12.9. The lowest BCUT2D eigenvalue weighted by Gasteiger charge is -2.29. The topological polar surface area (TPSA) is 58.9 Å². The Morgan fingerprint density at radius 2 is 1.82 bits per heavy atom. The Labute approximate surface area is 181 Å². The van der Waals surface area contributed by atoms with Gasteiger partial charge in [-0.05, 0) is 65.4 Å². The highest BCUT2D eigenvalue weighted by atomic mass is 127. The third kappa shape index (κ3) is 3.69. The van der Waals surface area contributed by atoms with Crippen molar-refractivity contribution >= 4 is 57.5 Å². The lowest BCUT2D eigenvalue weighted by molar-refractivity contribution is -0.275. The highest BCUT2D eigenvalue weighted by Gasteiger charge is 2.62. The monoisotopic (exact) mass is 543 g/mol. The van der Waals surface area contributed by atoms with Gasteiger partial charge in [0.1, 0.15) is 0 Å². The molecule has 0 spiro atoms. The second-order valence-corrected chi connectivity index (χ2v) is 8.28. The molecule has 0 radical (unpaired) electrons. The number of carboxylic acids is 1. The second-order valence-electron chi connectivity index (χ2n) is 6.24. The van der Waals surface area contributed by atoms with Crippen LogP contribution in [0, 0.1) is 10.5 Å². The summed E-state index contributed by atoms with van der Waals surface area (Å²) in [6.07, 6.45) is -5.40. The standard InChI is InChI=1S/C18H11Cl2F3INO3/c1-8-2-9(3-13(24)15(8)16(26)27)14-7-17(28-25-14,18(21,22)23)10-4-11(19)6-12(20)5-10/h2-6H,7H2,1H3,(H,26,27). The van der Waals surface area contributed by atoms with E-state index in [9.17, 15) is 23.1 Å². The zero-order chi connectivity index (χ0) is 20.9. The highest BCUT2D eigenvalue weighted by Crippen LogP contribution is 2.49. The van der Waals surface area contributed by atoms with Gasteiger partial charge in [0, 0.05) is 31.2 Å². The molecule has 0 saturated carbocycles. The molecule has 1 aliphatic heterocycles. The van der Waals surface area contributed by atoms with Gasteiger partial charge in [-0.15, -0.1) is 0 Å². The van der Waals surface area contributed by atoms with E-state index in [4.69, 9.17) is 28.0 Å². The second kappa shape index (κ2) is 7.38. The first-order valence-electron chi connectivity index (χ1n) is 7.77. The van der Waals surface area contributed by atoms with E-state index < -0.39 is 24.2 Å². The van der Waals surface area contributed by atoms with Gasteiger partial charge in [-0.3, -0.25) is 0 Å². The smallest absolute Gasteiger partial charge is 0.435 e. The Morgan fingerprint density at radius 3 is 2.32 bits per heavy atom. The molecule has 0 aromatic heterocycles. The van der Waals surface area contributed by atoms with Crippen LogP contribution in [0.5, 0.6) is 0 Å². The minimum absolute atomic E-state index is 0.0411. The van der Waals surface area contributed by atoms with E-state index in [0.29, 0.717) is 14.7 Å². The van der Waals surface area contributed by atoms with Crippen LogP contribution in [0.4, 0.5) is 13.2 Å². The normalized spacial score (nSPS) is 19.3. The van der Waals surface area contributed by atoms with E-state index in [1.54, 1.807) is 6.92 Å². The maximum atomic E-state index is 14.0. The molecule has 0 fully saturated rings. The van der Waals surface area contributed by atoms with Gasteiger partial charge < -0.3 is 9.94 Å². The van der Waals surface area contributed by atoms with E-state index in [-0.39, 0.29) is 26.9 Å². The van der Waals surface area contributed by atoms with E-state index >= 15 is 0 Å². The van der Waals surface area contributed by atoms with Gasteiger partial charge in [-0.25, -0.2) is 4.79 Å². The van der Waals surface area contributed by atoms with Gasteiger partial charge in [-0.2, -0.15) is 13.2 Å². The molecule has 2 aromatic rings. The van der Waals surface area contributed by atoms with Gasteiger partial charge >= 0.3 is 12.1 Å². The summed E-state index contributed by atoms with van der Waals surface area (Å²) >= 11 is 13.6. The van der Waals surface area contributed by atoms with Crippen molar-refractivity contribution in [3.63, 3.8) is 0 Å². The number of alkyl halides is 3. The van der Waals surface area contributed by atoms with Gasteiger partial charge in [0.05, 0.1) is 11.3 Å². The average Bonchev–Trinajstić information content (AvgIpc) is 2.99.